The van der Waals surface area contributed by atoms with Crippen LogP contribution in [0.15, 0.2) is 53.4 Å². The van der Waals surface area contributed by atoms with Crippen molar-refractivity contribution in [2.45, 2.75) is 44.2 Å². The van der Waals surface area contributed by atoms with E-state index < -0.39 is 22.2 Å². The number of sulfonamides is 1. The minimum Gasteiger partial charge on any atom is -0.487 e. The number of carbonyl (C=O) groups excluding carboxylic acids is 1. The van der Waals surface area contributed by atoms with Gasteiger partial charge in [0.15, 0.2) is 0 Å². The zero-order chi connectivity index (χ0) is 24.9. The predicted molar refractivity (Wildman–Crippen MR) is 131 cm³/mol. The summed E-state index contributed by atoms with van der Waals surface area (Å²) in [7, 11) is -2.21. The van der Waals surface area contributed by atoms with Crippen molar-refractivity contribution in [3.05, 3.63) is 59.7 Å². The lowest BCUT2D eigenvalue weighted by molar-refractivity contribution is -0.131. The van der Waals surface area contributed by atoms with Crippen LogP contribution >= 0.6 is 0 Å². The van der Waals surface area contributed by atoms with Crippen LogP contribution in [0.25, 0.3) is 0 Å². The van der Waals surface area contributed by atoms with Gasteiger partial charge in [-0.3, -0.25) is 4.79 Å². The van der Waals surface area contributed by atoms with Gasteiger partial charge in [0.05, 0.1) is 13.2 Å². The molecule has 0 bridgehead atoms. The number of hydrogen-bond acceptors (Lipinski definition) is 5. The summed E-state index contributed by atoms with van der Waals surface area (Å²) in [6, 6.07) is 13.7. The number of benzene rings is 2. The van der Waals surface area contributed by atoms with E-state index in [-0.39, 0.29) is 35.6 Å². The zero-order valence-electron chi connectivity index (χ0n) is 20.1. The number of likely N-dealkylation sites (N-methyl/N-ethyl adjacent to an activating group) is 1. The molecule has 182 valence electrons. The molecule has 3 rings (SSSR count). The molecule has 2 aromatic rings. The molecule has 3 atom stereocenters. The minimum absolute atomic E-state index is 0.0197. The molecule has 8 heteroatoms. The fraction of sp³-hybridized carbons (Fsp3) is 0.423. The number of carbonyl (C=O) groups is 1. The van der Waals surface area contributed by atoms with E-state index in [1.54, 1.807) is 37.9 Å². The quantitative estimate of drug-likeness (QED) is 0.660. The Morgan fingerprint density at radius 2 is 1.88 bits per heavy atom. The van der Waals surface area contributed by atoms with E-state index in [4.69, 9.17) is 4.74 Å². The van der Waals surface area contributed by atoms with Gasteiger partial charge in [0, 0.05) is 43.1 Å². The zero-order valence-corrected chi connectivity index (χ0v) is 20.9. The lowest BCUT2D eigenvalue weighted by Gasteiger charge is -2.37. The summed E-state index contributed by atoms with van der Waals surface area (Å²) in [5.74, 6) is 6.09. The molecule has 0 aliphatic carbocycles. The van der Waals surface area contributed by atoms with Gasteiger partial charge in [0.2, 0.25) is 15.9 Å². The average molecular weight is 485 g/mol. The highest BCUT2D eigenvalue weighted by molar-refractivity contribution is 7.89. The number of hydrogen-bond donors (Lipinski definition) is 1. The third-order valence-electron chi connectivity index (χ3n) is 5.97. The first-order valence-corrected chi connectivity index (χ1v) is 12.9. The highest BCUT2D eigenvalue weighted by atomic mass is 32.2. The molecule has 34 heavy (non-hydrogen) atoms. The van der Waals surface area contributed by atoms with Gasteiger partial charge in [-0.25, -0.2) is 8.42 Å². The van der Waals surface area contributed by atoms with Crippen molar-refractivity contribution in [1.29, 1.82) is 0 Å². The van der Waals surface area contributed by atoms with Crippen LogP contribution in [-0.2, 0) is 14.8 Å². The molecule has 1 aliphatic heterocycles. The van der Waals surface area contributed by atoms with Crippen molar-refractivity contribution in [2.24, 2.45) is 5.92 Å². The molecule has 1 heterocycles. The molecule has 0 fully saturated rings. The highest BCUT2D eigenvalue weighted by Gasteiger charge is 2.38. The summed E-state index contributed by atoms with van der Waals surface area (Å²) in [5, 5.41) is 9.75. The van der Waals surface area contributed by atoms with Crippen LogP contribution in [0.5, 0.6) is 5.75 Å². The second-order valence-electron chi connectivity index (χ2n) is 8.65. The first-order chi connectivity index (χ1) is 16.2. The van der Waals surface area contributed by atoms with Gasteiger partial charge in [-0.05, 0) is 37.3 Å². The maximum absolute atomic E-state index is 13.5. The summed E-state index contributed by atoms with van der Waals surface area (Å²) in [5.41, 5.74) is 1.46. The Labute approximate surface area is 202 Å². The van der Waals surface area contributed by atoms with E-state index in [0.29, 0.717) is 18.5 Å². The summed E-state index contributed by atoms with van der Waals surface area (Å²) in [6.45, 7) is 5.54. The molecule has 0 unspecified atom stereocenters. The smallest absolute Gasteiger partial charge is 0.247 e. The van der Waals surface area contributed by atoms with Gasteiger partial charge < -0.3 is 14.7 Å². The van der Waals surface area contributed by atoms with Gasteiger partial charge >= 0.3 is 0 Å². The molecule has 0 saturated heterocycles. The third kappa shape index (κ3) is 5.79. The number of fused-ring (bicyclic) bond motifs is 1. The van der Waals surface area contributed by atoms with E-state index in [0.717, 1.165) is 5.56 Å². The molecule has 1 N–H and O–H groups in total. The average Bonchev–Trinajstić information content (AvgIpc) is 2.84. The minimum atomic E-state index is -3.92. The van der Waals surface area contributed by atoms with Crippen LogP contribution in [-0.4, -0.2) is 67.5 Å². The van der Waals surface area contributed by atoms with Crippen molar-refractivity contribution in [2.75, 3.05) is 26.7 Å². The molecule has 0 spiro atoms. The Morgan fingerprint density at radius 1 is 1.21 bits per heavy atom. The topological polar surface area (TPSA) is 87.2 Å². The van der Waals surface area contributed by atoms with Crippen molar-refractivity contribution in [3.63, 3.8) is 0 Å². The SMILES string of the molecule is CCC(=O)N(C)C[C@H]1Oc2cc(C#Cc3ccccc3)ccc2S(=O)(=O)N([C@@H](C)CO)C[C@H]1C. The number of aliphatic hydroxyl groups excluding tert-OH is 1. The Kier molecular flexibility index (Phi) is 8.37. The predicted octanol–water partition coefficient (Wildman–Crippen LogP) is 2.72. The number of ether oxygens (including phenoxy) is 1. The normalized spacial score (nSPS) is 20.5. The Bertz CT molecular complexity index is 1170. The molecule has 2 aromatic carbocycles. The van der Waals surface area contributed by atoms with Crippen molar-refractivity contribution in [1.82, 2.24) is 9.21 Å². The molecule has 0 radical (unpaired) electrons. The fourth-order valence-corrected chi connectivity index (χ4v) is 5.65. The fourth-order valence-electron chi connectivity index (χ4n) is 3.83. The van der Waals surface area contributed by atoms with Gasteiger partial charge in [-0.2, -0.15) is 4.31 Å². The summed E-state index contributed by atoms with van der Waals surface area (Å²) < 4.78 is 34.7. The Morgan fingerprint density at radius 3 is 2.53 bits per heavy atom. The van der Waals surface area contributed by atoms with Crippen LogP contribution in [0.2, 0.25) is 0 Å². The van der Waals surface area contributed by atoms with Crippen LogP contribution in [0.3, 0.4) is 0 Å². The van der Waals surface area contributed by atoms with E-state index in [2.05, 4.69) is 11.8 Å². The molecular formula is C26H32N2O5S. The largest absolute Gasteiger partial charge is 0.487 e. The lowest BCUT2D eigenvalue weighted by atomic mass is 10.0. The maximum atomic E-state index is 13.5. The van der Waals surface area contributed by atoms with Crippen LogP contribution in [0, 0.1) is 17.8 Å². The Balaban J connectivity index is 2.06. The molecule has 1 amide bonds. The molecule has 1 aliphatic rings. The van der Waals surface area contributed by atoms with Crippen LogP contribution in [0.1, 0.15) is 38.3 Å². The van der Waals surface area contributed by atoms with Crippen LogP contribution in [0.4, 0.5) is 0 Å². The summed E-state index contributed by atoms with van der Waals surface area (Å²) in [6.07, 6.45) is -0.0735. The summed E-state index contributed by atoms with van der Waals surface area (Å²) in [4.78, 5) is 13.8. The van der Waals surface area contributed by atoms with E-state index in [9.17, 15) is 18.3 Å². The number of amides is 1. The van der Waals surface area contributed by atoms with Gasteiger partial charge in [0.1, 0.15) is 16.7 Å². The first-order valence-electron chi connectivity index (χ1n) is 11.4. The lowest BCUT2D eigenvalue weighted by Crippen LogP contribution is -2.50. The maximum Gasteiger partial charge on any atom is 0.247 e. The van der Waals surface area contributed by atoms with Crippen molar-refractivity contribution in [3.8, 4) is 17.6 Å². The van der Waals surface area contributed by atoms with E-state index in [1.807, 2.05) is 37.3 Å². The van der Waals surface area contributed by atoms with Gasteiger partial charge in [0.25, 0.3) is 0 Å². The third-order valence-corrected chi connectivity index (χ3v) is 7.99. The number of rotatable bonds is 5. The standard InChI is InChI=1S/C26H32N2O5S/c1-5-26(30)27(4)17-24-19(2)16-28(20(3)18-29)34(31,32)25-14-13-22(15-23(25)33-24)12-11-21-9-7-6-8-10-21/h6-10,13-15,19-20,24,29H,5,16-18H2,1-4H3/t19-,20+,24-/m1/s1. The number of nitrogens with zero attached hydrogens (tertiary/aromatic N) is 2. The molecule has 0 aromatic heterocycles. The first kappa shape index (κ1) is 25.8. The molecule has 0 saturated carbocycles. The monoisotopic (exact) mass is 484 g/mol. The van der Waals surface area contributed by atoms with Crippen LogP contribution < -0.4 is 4.74 Å². The second kappa shape index (κ2) is 11.0. The highest BCUT2D eigenvalue weighted by Crippen LogP contribution is 2.34. The second-order valence-corrected chi connectivity index (χ2v) is 10.5. The molecule has 7 nitrogen and oxygen atoms in total. The van der Waals surface area contributed by atoms with Gasteiger partial charge in [-0.1, -0.05) is 43.9 Å². The van der Waals surface area contributed by atoms with Gasteiger partial charge in [-0.15, -0.1) is 0 Å². The summed E-state index contributed by atoms with van der Waals surface area (Å²) >= 11 is 0. The number of aliphatic hydroxyl groups is 1. The molecular weight excluding hydrogens is 452 g/mol. The van der Waals surface area contributed by atoms with E-state index >= 15 is 0 Å². The van der Waals surface area contributed by atoms with E-state index in [1.165, 1.54) is 10.4 Å². The van der Waals surface area contributed by atoms with Crippen molar-refractivity contribution >= 4 is 15.9 Å². The Hall–Kier alpha value is -2.86. The van der Waals surface area contributed by atoms with Crippen molar-refractivity contribution < 1.29 is 23.1 Å².